The molecule has 0 N–H and O–H groups in total. The molecule has 33 heavy (non-hydrogen) atoms. The Morgan fingerprint density at radius 3 is 2.52 bits per heavy atom. The highest BCUT2D eigenvalue weighted by Gasteiger charge is 2.15. The first-order valence-electron chi connectivity index (χ1n) is 10.9. The fourth-order valence-electron chi connectivity index (χ4n) is 3.46. The van der Waals surface area contributed by atoms with Crippen LogP contribution in [0.15, 0.2) is 65.8 Å². The van der Waals surface area contributed by atoms with Crippen LogP contribution in [0.4, 0.5) is 0 Å². The Hall–Kier alpha value is -3.39. The number of benzene rings is 2. The molecule has 0 aliphatic heterocycles. The zero-order valence-electron chi connectivity index (χ0n) is 19.1. The Labute approximate surface area is 197 Å². The standard InChI is InChI=1S/C25H27N5O2S/c1-4-29(15-20-10-12-22(13-11-20)32-16-21-8-6-5-7-9-21)23(31)17-33-25-27-24-26-18(2)14-19(3)30(24)28-25/h5-14H,4,15-17H2,1-3H3. The molecule has 0 atom stereocenters. The van der Waals surface area contributed by atoms with Crippen molar-refractivity contribution in [1.29, 1.82) is 0 Å². The summed E-state index contributed by atoms with van der Waals surface area (Å²) in [5.74, 6) is 1.70. The van der Waals surface area contributed by atoms with Gasteiger partial charge in [-0.15, -0.1) is 5.10 Å². The lowest BCUT2D eigenvalue weighted by Crippen LogP contribution is -2.31. The van der Waals surface area contributed by atoms with Gasteiger partial charge in [0.15, 0.2) is 0 Å². The highest BCUT2D eigenvalue weighted by molar-refractivity contribution is 7.99. The number of aryl methyl sites for hydroxylation is 2. The van der Waals surface area contributed by atoms with Gasteiger partial charge >= 0.3 is 0 Å². The largest absolute Gasteiger partial charge is 0.489 e. The van der Waals surface area contributed by atoms with Crippen molar-refractivity contribution in [3.8, 4) is 5.75 Å². The number of rotatable bonds is 9. The van der Waals surface area contributed by atoms with E-state index in [2.05, 4.69) is 15.1 Å². The number of ether oxygens (including phenoxy) is 1. The van der Waals surface area contributed by atoms with Gasteiger partial charge in [-0.2, -0.15) is 4.98 Å². The third-order valence-corrected chi connectivity index (χ3v) is 6.03. The molecule has 8 heteroatoms. The Morgan fingerprint density at radius 1 is 1.03 bits per heavy atom. The summed E-state index contributed by atoms with van der Waals surface area (Å²) in [5, 5.41) is 5.02. The number of thioether (sulfide) groups is 1. The van der Waals surface area contributed by atoms with E-state index in [4.69, 9.17) is 4.74 Å². The first kappa shape index (κ1) is 22.8. The number of carbonyl (C=O) groups excluding carboxylic acids is 1. The molecule has 1 amide bonds. The molecule has 0 bridgehead atoms. The van der Waals surface area contributed by atoms with Crippen LogP contribution in [-0.2, 0) is 17.9 Å². The van der Waals surface area contributed by atoms with Gasteiger partial charge in [-0.1, -0.05) is 54.2 Å². The van der Waals surface area contributed by atoms with Crippen molar-refractivity contribution in [1.82, 2.24) is 24.5 Å². The molecule has 0 unspecified atom stereocenters. The summed E-state index contributed by atoms with van der Waals surface area (Å²) in [6, 6.07) is 19.9. The van der Waals surface area contributed by atoms with Crippen LogP contribution in [0.1, 0.15) is 29.4 Å². The number of aromatic nitrogens is 4. The number of hydrogen-bond acceptors (Lipinski definition) is 6. The Balaban J connectivity index is 1.31. The van der Waals surface area contributed by atoms with Crippen LogP contribution in [0.25, 0.3) is 5.78 Å². The molecule has 2 aromatic heterocycles. The fraction of sp³-hybridized carbons (Fsp3) is 0.280. The van der Waals surface area contributed by atoms with Crippen LogP contribution >= 0.6 is 11.8 Å². The molecule has 4 aromatic rings. The fourth-order valence-corrected chi connectivity index (χ4v) is 4.18. The van der Waals surface area contributed by atoms with Gasteiger partial charge in [-0.3, -0.25) is 4.79 Å². The normalized spacial score (nSPS) is 11.0. The molecule has 0 aliphatic carbocycles. The molecule has 0 fully saturated rings. The monoisotopic (exact) mass is 461 g/mol. The van der Waals surface area contributed by atoms with Crippen LogP contribution < -0.4 is 4.74 Å². The van der Waals surface area contributed by atoms with Crippen molar-refractivity contribution in [3.05, 3.63) is 83.2 Å². The van der Waals surface area contributed by atoms with Crippen molar-refractivity contribution in [2.45, 2.75) is 39.1 Å². The maximum absolute atomic E-state index is 12.8. The average molecular weight is 462 g/mol. The first-order valence-corrected chi connectivity index (χ1v) is 11.9. The van der Waals surface area contributed by atoms with Gasteiger partial charge in [0.2, 0.25) is 11.1 Å². The van der Waals surface area contributed by atoms with Gasteiger partial charge in [0.25, 0.3) is 5.78 Å². The smallest absolute Gasteiger partial charge is 0.253 e. The second-order valence-corrected chi connectivity index (χ2v) is 8.70. The topological polar surface area (TPSA) is 72.6 Å². The van der Waals surface area contributed by atoms with Crippen LogP contribution in [0, 0.1) is 13.8 Å². The van der Waals surface area contributed by atoms with Gasteiger partial charge in [0.1, 0.15) is 12.4 Å². The number of nitrogens with zero attached hydrogens (tertiary/aromatic N) is 5. The molecule has 4 rings (SSSR count). The lowest BCUT2D eigenvalue weighted by atomic mass is 10.2. The molecule has 170 valence electrons. The zero-order chi connectivity index (χ0) is 23.2. The molecule has 0 spiro atoms. The summed E-state index contributed by atoms with van der Waals surface area (Å²) in [4.78, 5) is 23.5. The summed E-state index contributed by atoms with van der Waals surface area (Å²) in [6.45, 7) is 7.59. The van der Waals surface area contributed by atoms with Crippen LogP contribution in [-0.4, -0.2) is 42.7 Å². The predicted octanol–water partition coefficient (Wildman–Crippen LogP) is 4.46. The third-order valence-electron chi connectivity index (χ3n) is 5.20. The molecule has 2 aromatic carbocycles. The van der Waals surface area contributed by atoms with Gasteiger partial charge < -0.3 is 9.64 Å². The number of carbonyl (C=O) groups is 1. The number of amides is 1. The van der Waals surface area contributed by atoms with E-state index in [9.17, 15) is 4.79 Å². The summed E-state index contributed by atoms with van der Waals surface area (Å²) >= 11 is 1.34. The second-order valence-electron chi connectivity index (χ2n) is 7.76. The molecule has 0 saturated carbocycles. The SMILES string of the molecule is CCN(Cc1ccc(OCc2ccccc2)cc1)C(=O)CSc1nc2nc(C)cc(C)n2n1. The van der Waals surface area contributed by atoms with Crippen molar-refractivity contribution >= 4 is 23.4 Å². The molecular formula is C25H27N5O2S. The molecule has 0 aliphatic rings. The van der Waals surface area contributed by atoms with E-state index < -0.39 is 0 Å². The van der Waals surface area contributed by atoms with E-state index in [1.807, 2.05) is 86.3 Å². The second kappa shape index (κ2) is 10.5. The predicted molar refractivity (Wildman–Crippen MR) is 129 cm³/mol. The zero-order valence-corrected chi connectivity index (χ0v) is 19.9. The maximum Gasteiger partial charge on any atom is 0.253 e. The average Bonchev–Trinajstić information content (AvgIpc) is 3.24. The van der Waals surface area contributed by atoms with Crippen molar-refractivity contribution in [2.24, 2.45) is 0 Å². The Morgan fingerprint density at radius 2 is 1.79 bits per heavy atom. The van der Waals surface area contributed by atoms with Crippen molar-refractivity contribution in [2.75, 3.05) is 12.3 Å². The summed E-state index contributed by atoms with van der Waals surface area (Å²) in [7, 11) is 0. The van der Waals surface area contributed by atoms with Gasteiger partial charge in [-0.25, -0.2) is 9.50 Å². The minimum atomic E-state index is 0.0478. The lowest BCUT2D eigenvalue weighted by molar-refractivity contribution is -0.128. The minimum absolute atomic E-state index is 0.0478. The summed E-state index contributed by atoms with van der Waals surface area (Å²) in [6.07, 6.45) is 0. The van der Waals surface area contributed by atoms with E-state index >= 15 is 0 Å². The quantitative estimate of drug-likeness (QED) is 0.343. The molecule has 0 saturated heterocycles. The van der Waals surface area contributed by atoms with E-state index in [1.165, 1.54) is 11.8 Å². The Kier molecular flexibility index (Phi) is 7.24. The van der Waals surface area contributed by atoms with Crippen LogP contribution in [0.5, 0.6) is 5.75 Å². The summed E-state index contributed by atoms with van der Waals surface area (Å²) in [5.41, 5.74) is 4.05. The van der Waals surface area contributed by atoms with Gasteiger partial charge in [-0.05, 0) is 50.1 Å². The first-order chi connectivity index (χ1) is 16.0. The van der Waals surface area contributed by atoms with Crippen LogP contribution in [0.2, 0.25) is 0 Å². The van der Waals surface area contributed by atoms with Gasteiger partial charge in [0, 0.05) is 24.5 Å². The van der Waals surface area contributed by atoms with E-state index in [1.54, 1.807) is 4.52 Å². The highest BCUT2D eigenvalue weighted by atomic mass is 32.2. The molecule has 0 radical (unpaired) electrons. The highest BCUT2D eigenvalue weighted by Crippen LogP contribution is 2.18. The van der Waals surface area contributed by atoms with Gasteiger partial charge in [0.05, 0.1) is 5.75 Å². The van der Waals surface area contributed by atoms with E-state index in [0.29, 0.717) is 30.6 Å². The van der Waals surface area contributed by atoms with Crippen molar-refractivity contribution in [3.63, 3.8) is 0 Å². The maximum atomic E-state index is 12.8. The molecule has 7 nitrogen and oxygen atoms in total. The minimum Gasteiger partial charge on any atom is -0.489 e. The number of fused-ring (bicyclic) bond motifs is 1. The van der Waals surface area contributed by atoms with Crippen LogP contribution in [0.3, 0.4) is 0 Å². The van der Waals surface area contributed by atoms with E-state index in [-0.39, 0.29) is 11.7 Å². The number of hydrogen-bond donors (Lipinski definition) is 0. The lowest BCUT2D eigenvalue weighted by Gasteiger charge is -2.20. The Bertz CT molecular complexity index is 1230. The molecule has 2 heterocycles. The van der Waals surface area contributed by atoms with E-state index in [0.717, 1.165) is 28.3 Å². The molecular weight excluding hydrogens is 434 g/mol. The third kappa shape index (κ3) is 5.90. The summed E-state index contributed by atoms with van der Waals surface area (Å²) < 4.78 is 7.56. The van der Waals surface area contributed by atoms with Crippen molar-refractivity contribution < 1.29 is 9.53 Å².